The van der Waals surface area contributed by atoms with Gasteiger partial charge in [-0.15, -0.1) is 0 Å². The summed E-state index contributed by atoms with van der Waals surface area (Å²) in [6.07, 6.45) is 3.36. The van der Waals surface area contributed by atoms with Crippen molar-refractivity contribution in [2.24, 2.45) is 0 Å². The fraction of sp³-hybridized carbons (Fsp3) is 0.171. The van der Waals surface area contributed by atoms with Gasteiger partial charge in [-0.1, -0.05) is 112 Å². The third kappa shape index (κ3) is 6.03. The van der Waals surface area contributed by atoms with Crippen molar-refractivity contribution in [1.29, 1.82) is 0 Å². The van der Waals surface area contributed by atoms with Crippen molar-refractivity contribution in [2.45, 2.75) is 38.7 Å². The Bertz CT molecular complexity index is 2080. The molecule has 0 bridgehead atoms. The summed E-state index contributed by atoms with van der Waals surface area (Å²) in [4.78, 5) is 8.13. The Labute approximate surface area is 282 Å². The molecule has 7 aromatic rings. The molecule has 0 fully saturated rings. The summed E-state index contributed by atoms with van der Waals surface area (Å²) in [7, 11) is -2.63. The highest BCUT2D eigenvalue weighted by Crippen LogP contribution is 2.37. The molecule has 0 radical (unpaired) electrons. The van der Waals surface area contributed by atoms with Gasteiger partial charge < -0.3 is 9.41 Å². The number of aromatic nitrogens is 4. The monoisotopic (exact) mass is 650 g/mol. The van der Waals surface area contributed by atoms with Gasteiger partial charge in [0.05, 0.1) is 17.1 Å². The Morgan fingerprint density at radius 3 is 2.02 bits per heavy atom. The predicted octanol–water partition coefficient (Wildman–Crippen LogP) is 8.73. The minimum Gasteiger partial charge on any atom is -0.407 e. The fourth-order valence-corrected chi connectivity index (χ4v) is 11.4. The first-order valence-electron chi connectivity index (χ1n) is 16.5. The second-order valence-corrected chi connectivity index (χ2v) is 17.5. The van der Waals surface area contributed by atoms with Crippen LogP contribution in [0.25, 0.3) is 39.2 Å². The molecule has 48 heavy (non-hydrogen) atoms. The topological polar surface area (TPSA) is 55.7 Å². The molecule has 0 unspecified atom stereocenters. The van der Waals surface area contributed by atoms with Gasteiger partial charge in [0.2, 0.25) is 0 Å². The number of halogens is 1. The smallest absolute Gasteiger partial charge is 0.261 e. The van der Waals surface area contributed by atoms with Gasteiger partial charge in [-0.25, -0.2) is 14.1 Å². The highest BCUT2D eigenvalue weighted by atomic mass is 28.4. The minimum absolute atomic E-state index is 0.0884. The number of pyridine rings is 1. The van der Waals surface area contributed by atoms with Gasteiger partial charge in [-0.2, -0.15) is 5.10 Å². The van der Waals surface area contributed by atoms with Crippen molar-refractivity contribution in [3.8, 4) is 28.2 Å². The lowest BCUT2D eigenvalue weighted by Crippen LogP contribution is -2.66. The van der Waals surface area contributed by atoms with Gasteiger partial charge in [0.15, 0.2) is 0 Å². The zero-order valence-corrected chi connectivity index (χ0v) is 28.5. The van der Waals surface area contributed by atoms with Crippen molar-refractivity contribution < 1.29 is 8.82 Å². The van der Waals surface area contributed by atoms with E-state index in [1.54, 1.807) is 12.1 Å². The van der Waals surface area contributed by atoms with Crippen molar-refractivity contribution in [2.75, 3.05) is 6.61 Å². The van der Waals surface area contributed by atoms with Crippen LogP contribution < -0.4 is 10.4 Å². The van der Waals surface area contributed by atoms with E-state index in [0.29, 0.717) is 6.61 Å². The number of hydrogen-bond donors (Lipinski definition) is 1. The van der Waals surface area contributed by atoms with Crippen LogP contribution in [-0.2, 0) is 10.8 Å². The SMILES string of the molecule is CC(C)(C)[Si](OCCCc1cc(-c2ccnc3[nH]c(-c4ccccc4)cc23)n(-c2ccc(F)cc2)n1)(c1ccccc1)c1ccccc1. The van der Waals surface area contributed by atoms with E-state index >= 15 is 0 Å². The molecule has 5 nitrogen and oxygen atoms in total. The van der Waals surface area contributed by atoms with Gasteiger partial charge in [-0.05, 0) is 76.3 Å². The van der Waals surface area contributed by atoms with Crippen molar-refractivity contribution in [1.82, 2.24) is 19.7 Å². The second kappa shape index (κ2) is 13.2. The summed E-state index contributed by atoms with van der Waals surface area (Å²) in [5.74, 6) is -0.280. The lowest BCUT2D eigenvalue weighted by atomic mass is 10.1. The lowest BCUT2D eigenvalue weighted by molar-refractivity contribution is 0.291. The van der Waals surface area contributed by atoms with E-state index < -0.39 is 8.32 Å². The Kier molecular flexibility index (Phi) is 8.65. The molecule has 0 spiro atoms. The van der Waals surface area contributed by atoms with Gasteiger partial charge in [0.1, 0.15) is 11.5 Å². The molecule has 0 atom stereocenters. The van der Waals surface area contributed by atoms with Crippen LogP contribution in [0.15, 0.2) is 140 Å². The maximum Gasteiger partial charge on any atom is 0.261 e. The fourth-order valence-electron chi connectivity index (χ4n) is 6.79. The summed E-state index contributed by atoms with van der Waals surface area (Å²) in [5, 5.41) is 8.54. The van der Waals surface area contributed by atoms with Gasteiger partial charge in [-0.3, -0.25) is 0 Å². The van der Waals surface area contributed by atoms with E-state index in [9.17, 15) is 4.39 Å². The third-order valence-electron chi connectivity index (χ3n) is 9.04. The number of aryl methyl sites for hydroxylation is 1. The van der Waals surface area contributed by atoms with Crippen LogP contribution in [-0.4, -0.2) is 34.7 Å². The number of aromatic amines is 1. The minimum atomic E-state index is -2.63. The molecular formula is C41H39FN4OSi. The standard InChI is InChI=1S/C41H39FN4OSi/c1-41(2,3)48(34-17-9-5-10-18-34,35-19-11-6-12-20-35)47-27-13-16-32-28-39(46(45-32)33-23-21-31(42)22-24-33)36-25-26-43-40-37(36)29-38(44-40)30-14-7-4-8-15-30/h4-12,14-15,17-26,28-29H,13,16,27H2,1-3H3,(H,43,44). The molecule has 3 aromatic heterocycles. The zero-order chi connectivity index (χ0) is 33.1. The van der Waals surface area contributed by atoms with Crippen LogP contribution in [0.4, 0.5) is 4.39 Å². The van der Waals surface area contributed by atoms with E-state index in [1.807, 2.05) is 35.1 Å². The van der Waals surface area contributed by atoms with Gasteiger partial charge >= 0.3 is 0 Å². The molecular weight excluding hydrogens is 612 g/mol. The molecule has 0 saturated carbocycles. The lowest BCUT2D eigenvalue weighted by Gasteiger charge is -2.43. The summed E-state index contributed by atoms with van der Waals surface area (Å²) < 4.78 is 23.1. The zero-order valence-electron chi connectivity index (χ0n) is 27.5. The highest BCUT2D eigenvalue weighted by molar-refractivity contribution is 6.99. The van der Waals surface area contributed by atoms with Crippen LogP contribution >= 0.6 is 0 Å². The van der Waals surface area contributed by atoms with Gasteiger partial charge in [0, 0.05) is 29.4 Å². The number of rotatable bonds is 10. The Hall–Kier alpha value is -5.11. The first kappa shape index (κ1) is 31.5. The highest BCUT2D eigenvalue weighted by Gasteiger charge is 2.49. The van der Waals surface area contributed by atoms with E-state index in [2.05, 4.69) is 116 Å². The molecule has 1 N–H and O–H groups in total. The molecule has 3 heterocycles. The van der Waals surface area contributed by atoms with Crippen LogP contribution in [0.5, 0.6) is 0 Å². The van der Waals surface area contributed by atoms with E-state index in [4.69, 9.17) is 9.52 Å². The average Bonchev–Trinajstić information content (AvgIpc) is 3.74. The molecule has 0 aliphatic carbocycles. The first-order valence-corrected chi connectivity index (χ1v) is 18.4. The number of fused-ring (bicyclic) bond motifs is 1. The maximum absolute atomic E-state index is 14.0. The molecule has 0 saturated heterocycles. The van der Waals surface area contributed by atoms with E-state index in [0.717, 1.165) is 57.8 Å². The molecule has 0 amide bonds. The largest absolute Gasteiger partial charge is 0.407 e. The van der Waals surface area contributed by atoms with Crippen molar-refractivity contribution in [3.63, 3.8) is 0 Å². The van der Waals surface area contributed by atoms with Crippen LogP contribution in [0.1, 0.15) is 32.9 Å². The summed E-state index contributed by atoms with van der Waals surface area (Å²) in [5.41, 5.74) is 6.57. The predicted molar refractivity (Wildman–Crippen MR) is 196 cm³/mol. The molecule has 240 valence electrons. The Balaban J connectivity index is 1.21. The van der Waals surface area contributed by atoms with Gasteiger partial charge in [0.25, 0.3) is 8.32 Å². The molecule has 4 aromatic carbocycles. The van der Waals surface area contributed by atoms with Crippen LogP contribution in [0.3, 0.4) is 0 Å². The van der Waals surface area contributed by atoms with E-state index in [1.165, 1.54) is 22.5 Å². The summed E-state index contributed by atoms with van der Waals surface area (Å²) in [6, 6.07) is 44.5. The normalized spacial score (nSPS) is 12.1. The Morgan fingerprint density at radius 1 is 0.771 bits per heavy atom. The molecule has 7 rings (SSSR count). The number of nitrogens with one attached hydrogen (secondary N) is 1. The van der Waals surface area contributed by atoms with Crippen LogP contribution in [0.2, 0.25) is 5.04 Å². The molecule has 7 heteroatoms. The number of nitrogens with zero attached hydrogens (tertiary/aromatic N) is 3. The van der Waals surface area contributed by atoms with Crippen molar-refractivity contribution in [3.05, 3.63) is 151 Å². The summed E-state index contributed by atoms with van der Waals surface area (Å²) in [6.45, 7) is 7.50. The first-order chi connectivity index (χ1) is 23.3. The number of benzene rings is 4. The number of hydrogen-bond acceptors (Lipinski definition) is 3. The Morgan fingerprint density at radius 2 is 1.40 bits per heavy atom. The third-order valence-corrected chi connectivity index (χ3v) is 14.1. The average molecular weight is 651 g/mol. The number of H-pyrrole nitrogens is 1. The second-order valence-electron chi connectivity index (χ2n) is 13.2. The quantitative estimate of drug-likeness (QED) is 0.119. The van der Waals surface area contributed by atoms with Crippen molar-refractivity contribution >= 4 is 29.7 Å². The van der Waals surface area contributed by atoms with Crippen LogP contribution in [0, 0.1) is 5.82 Å². The molecule has 0 aliphatic heterocycles. The van der Waals surface area contributed by atoms with E-state index in [-0.39, 0.29) is 10.9 Å². The molecule has 0 aliphatic rings. The summed E-state index contributed by atoms with van der Waals surface area (Å²) >= 11 is 0. The maximum atomic E-state index is 14.0.